The summed E-state index contributed by atoms with van der Waals surface area (Å²) in [5.74, 6) is -2.15. The Bertz CT molecular complexity index is 1030. The van der Waals surface area contributed by atoms with Gasteiger partial charge in [0.15, 0.2) is 0 Å². The zero-order valence-corrected chi connectivity index (χ0v) is 22.5. The number of carboxylic acid groups (broad SMARTS) is 1. The highest BCUT2D eigenvalue weighted by Crippen LogP contribution is 2.52. The minimum absolute atomic E-state index is 0.119. The van der Waals surface area contributed by atoms with Crippen molar-refractivity contribution in [1.29, 1.82) is 0 Å². The largest absolute Gasteiger partial charge is 0.490 e. The number of urea groups is 1. The van der Waals surface area contributed by atoms with Gasteiger partial charge in [0.05, 0.1) is 0 Å². The lowest BCUT2D eigenvalue weighted by Crippen LogP contribution is -2.50. The van der Waals surface area contributed by atoms with Crippen molar-refractivity contribution in [2.75, 3.05) is 46.3 Å². The highest BCUT2D eigenvalue weighted by atomic mass is 19.4. The molecule has 2 aliphatic heterocycles. The molecule has 1 aromatic carbocycles. The molecule has 0 bridgehead atoms. The fraction of sp³-hybridized carbons (Fsp3) is 0.679. The van der Waals surface area contributed by atoms with Gasteiger partial charge in [0.1, 0.15) is 0 Å². The molecule has 1 spiro atoms. The molecule has 216 valence electrons. The van der Waals surface area contributed by atoms with Gasteiger partial charge in [-0.15, -0.1) is 0 Å². The van der Waals surface area contributed by atoms with E-state index in [1.165, 1.54) is 24.0 Å². The maximum atomic E-state index is 13.1. The number of aliphatic carboxylic acids is 1. The minimum atomic E-state index is -5.08. The van der Waals surface area contributed by atoms with Gasteiger partial charge in [-0.25, -0.2) is 9.59 Å². The van der Waals surface area contributed by atoms with Crippen molar-refractivity contribution in [3.63, 3.8) is 0 Å². The number of piperazine rings is 1. The summed E-state index contributed by atoms with van der Waals surface area (Å²) in [6, 6.07) is 9.28. The Morgan fingerprint density at radius 2 is 1.56 bits per heavy atom. The van der Waals surface area contributed by atoms with Gasteiger partial charge in [-0.05, 0) is 61.6 Å². The van der Waals surface area contributed by atoms with E-state index in [0.717, 1.165) is 71.4 Å². The van der Waals surface area contributed by atoms with Crippen LogP contribution in [0.4, 0.5) is 18.0 Å². The van der Waals surface area contributed by atoms with Crippen LogP contribution in [0.2, 0.25) is 0 Å². The predicted octanol–water partition coefficient (Wildman–Crippen LogP) is 3.96. The normalized spacial score (nSPS) is 23.2. The van der Waals surface area contributed by atoms with Crippen LogP contribution in [0.3, 0.4) is 0 Å². The van der Waals surface area contributed by atoms with Crippen molar-refractivity contribution in [1.82, 2.24) is 20.0 Å². The van der Waals surface area contributed by atoms with Crippen LogP contribution in [0.1, 0.15) is 68.4 Å². The van der Waals surface area contributed by atoms with Crippen molar-refractivity contribution in [3.05, 3.63) is 35.4 Å². The van der Waals surface area contributed by atoms with E-state index in [2.05, 4.69) is 46.4 Å². The third-order valence-corrected chi connectivity index (χ3v) is 8.82. The van der Waals surface area contributed by atoms with Crippen LogP contribution in [0, 0.1) is 0 Å². The van der Waals surface area contributed by atoms with Crippen molar-refractivity contribution in [2.24, 2.45) is 0 Å². The fourth-order valence-electron chi connectivity index (χ4n) is 6.55. The van der Waals surface area contributed by atoms with E-state index < -0.39 is 12.1 Å². The molecule has 1 atom stereocenters. The smallest absolute Gasteiger partial charge is 0.475 e. The number of nitrogens with zero attached hydrogens (tertiary/aromatic N) is 3. The highest BCUT2D eigenvalue weighted by molar-refractivity contribution is 5.78. The number of amides is 3. The molecular formula is C28H39F3N4O4. The summed E-state index contributed by atoms with van der Waals surface area (Å²) in [5, 5.41) is 10.4. The first-order valence-corrected chi connectivity index (χ1v) is 13.9. The first kappa shape index (κ1) is 29.2. The molecule has 2 heterocycles. The fourth-order valence-corrected chi connectivity index (χ4v) is 6.55. The van der Waals surface area contributed by atoms with Crippen molar-refractivity contribution < 1.29 is 32.7 Å². The Labute approximate surface area is 227 Å². The average molecular weight is 553 g/mol. The lowest BCUT2D eigenvalue weighted by atomic mass is 9.73. The Balaban J connectivity index is 0.000000448. The maximum absolute atomic E-state index is 13.1. The molecule has 5 rings (SSSR count). The van der Waals surface area contributed by atoms with Gasteiger partial charge in [-0.1, -0.05) is 37.1 Å². The second kappa shape index (κ2) is 12.1. The van der Waals surface area contributed by atoms with Gasteiger partial charge in [0, 0.05) is 51.7 Å². The first-order chi connectivity index (χ1) is 18.5. The third kappa shape index (κ3) is 7.04. The lowest BCUT2D eigenvalue weighted by Gasteiger charge is -2.40. The Morgan fingerprint density at radius 3 is 2.15 bits per heavy atom. The summed E-state index contributed by atoms with van der Waals surface area (Å²) in [7, 11) is 2.12. The van der Waals surface area contributed by atoms with Gasteiger partial charge in [-0.3, -0.25) is 4.79 Å². The number of likely N-dealkylation sites (tertiary alicyclic amines) is 1. The Kier molecular flexibility index (Phi) is 9.08. The number of carbonyl (C=O) groups excluding carboxylic acids is 2. The topological polar surface area (TPSA) is 93.2 Å². The van der Waals surface area contributed by atoms with Crippen LogP contribution < -0.4 is 5.32 Å². The number of piperidine rings is 1. The van der Waals surface area contributed by atoms with E-state index in [1.807, 2.05) is 4.90 Å². The number of benzene rings is 1. The molecule has 11 heteroatoms. The van der Waals surface area contributed by atoms with Crippen LogP contribution in [0.15, 0.2) is 24.3 Å². The third-order valence-electron chi connectivity index (χ3n) is 8.82. The Morgan fingerprint density at radius 1 is 0.974 bits per heavy atom. The molecule has 2 aliphatic carbocycles. The predicted molar refractivity (Wildman–Crippen MR) is 139 cm³/mol. The molecular weight excluding hydrogens is 513 g/mol. The number of alkyl halides is 3. The second-order valence-electron chi connectivity index (χ2n) is 11.4. The molecule has 1 unspecified atom stereocenters. The highest BCUT2D eigenvalue weighted by Gasteiger charge is 2.46. The second-order valence-corrected chi connectivity index (χ2v) is 11.4. The minimum Gasteiger partial charge on any atom is -0.475 e. The van der Waals surface area contributed by atoms with Crippen molar-refractivity contribution >= 4 is 17.9 Å². The molecule has 0 radical (unpaired) electrons. The van der Waals surface area contributed by atoms with E-state index >= 15 is 0 Å². The van der Waals surface area contributed by atoms with Crippen molar-refractivity contribution in [3.8, 4) is 0 Å². The number of fused-ring (bicyclic) bond motifs is 2. The number of hydrogen-bond donors (Lipinski definition) is 2. The van der Waals surface area contributed by atoms with Gasteiger partial charge in [-0.2, -0.15) is 13.2 Å². The van der Waals surface area contributed by atoms with Crippen LogP contribution in [0.5, 0.6) is 0 Å². The molecule has 8 nitrogen and oxygen atoms in total. The van der Waals surface area contributed by atoms with E-state index in [-0.39, 0.29) is 11.4 Å². The maximum Gasteiger partial charge on any atom is 0.490 e. The summed E-state index contributed by atoms with van der Waals surface area (Å²) >= 11 is 0. The van der Waals surface area contributed by atoms with E-state index in [0.29, 0.717) is 24.3 Å². The zero-order valence-electron chi connectivity index (χ0n) is 22.5. The van der Waals surface area contributed by atoms with Gasteiger partial charge in [0.25, 0.3) is 0 Å². The van der Waals surface area contributed by atoms with Crippen molar-refractivity contribution in [2.45, 2.75) is 74.9 Å². The summed E-state index contributed by atoms with van der Waals surface area (Å²) in [4.78, 5) is 41.1. The van der Waals surface area contributed by atoms with Gasteiger partial charge < -0.3 is 25.1 Å². The van der Waals surface area contributed by atoms with Crippen LogP contribution in [0.25, 0.3) is 0 Å². The molecule has 4 aliphatic rings. The molecule has 39 heavy (non-hydrogen) atoms. The number of carbonyl (C=O) groups is 3. The number of nitrogens with one attached hydrogen (secondary N) is 1. The first-order valence-electron chi connectivity index (χ1n) is 13.9. The lowest BCUT2D eigenvalue weighted by molar-refractivity contribution is -0.192. The molecule has 1 aromatic rings. The van der Waals surface area contributed by atoms with E-state index in [4.69, 9.17) is 9.90 Å². The quantitative estimate of drug-likeness (QED) is 0.593. The number of hydrogen-bond acceptors (Lipinski definition) is 4. The molecule has 3 fully saturated rings. The van der Waals surface area contributed by atoms with Crippen LogP contribution in [-0.2, 0) is 15.0 Å². The molecule has 3 amide bonds. The zero-order chi connectivity index (χ0) is 28.2. The SMILES string of the molecule is CN1CCN(C(=O)CC2CC3(CCN(C(=O)NC4CCCC4)CC3)c3ccccc32)CC1.O=C(O)C(F)(F)F. The molecule has 2 N–H and O–H groups in total. The average Bonchev–Trinajstić information content (AvgIpc) is 3.51. The monoisotopic (exact) mass is 552 g/mol. The Hall–Kier alpha value is -2.82. The van der Waals surface area contributed by atoms with E-state index in [9.17, 15) is 22.8 Å². The molecule has 2 saturated heterocycles. The summed E-state index contributed by atoms with van der Waals surface area (Å²) in [6.45, 7) is 5.25. The number of halogens is 3. The van der Waals surface area contributed by atoms with Gasteiger partial charge in [0.2, 0.25) is 5.91 Å². The van der Waals surface area contributed by atoms with Crippen LogP contribution >= 0.6 is 0 Å². The van der Waals surface area contributed by atoms with Crippen LogP contribution in [-0.4, -0.2) is 96.2 Å². The summed E-state index contributed by atoms with van der Waals surface area (Å²) in [6.07, 6.45) is 3.30. The number of carboxylic acids is 1. The summed E-state index contributed by atoms with van der Waals surface area (Å²) < 4.78 is 31.7. The summed E-state index contributed by atoms with van der Waals surface area (Å²) in [5.41, 5.74) is 2.93. The van der Waals surface area contributed by atoms with E-state index in [1.54, 1.807) is 0 Å². The molecule has 0 aromatic heterocycles. The number of likely N-dealkylation sites (N-methyl/N-ethyl adjacent to an activating group) is 1. The molecule has 1 saturated carbocycles. The number of rotatable bonds is 3. The van der Waals surface area contributed by atoms with Gasteiger partial charge >= 0.3 is 18.2 Å². The standard InChI is InChI=1S/C26H38N4O2.C2HF3O2/c1-28-14-16-29(17-15-28)24(31)18-20-19-26(23-9-5-4-8-22(20)23)10-12-30(13-11-26)25(32)27-21-6-2-3-7-21;3-2(4,5)1(6)7/h4-5,8-9,20-21H,2-3,6-7,10-19H2,1H3,(H,27,32);(H,6,7).